The van der Waals surface area contributed by atoms with Crippen molar-refractivity contribution in [2.45, 2.75) is 43.0 Å². The number of anilines is 2. The molecule has 24 heteroatoms. The first kappa shape index (κ1) is 30.3. The summed E-state index contributed by atoms with van der Waals surface area (Å²) in [5, 5.41) is 22.3. The largest absolute Gasteiger partial charge is 0.472 e. The van der Waals surface area contributed by atoms with E-state index >= 15 is 0 Å². The van der Waals surface area contributed by atoms with Gasteiger partial charge in [-0.25, -0.2) is 19.5 Å². The van der Waals surface area contributed by atoms with Crippen molar-refractivity contribution < 1.29 is 52.2 Å². The van der Waals surface area contributed by atoms with Gasteiger partial charge in [0.15, 0.2) is 23.0 Å². The minimum absolute atomic E-state index is 0.0488. The molecule has 2 bridgehead atoms. The van der Waals surface area contributed by atoms with E-state index in [9.17, 15) is 33.9 Å². The number of aromatic nitrogens is 8. The van der Waals surface area contributed by atoms with Crippen molar-refractivity contribution in [2.75, 3.05) is 30.8 Å². The topological polar surface area (TPSA) is 320 Å². The van der Waals surface area contributed by atoms with Crippen molar-refractivity contribution in [2.24, 2.45) is 5.92 Å². The molecule has 3 aliphatic rings. The highest BCUT2D eigenvalue weighted by Gasteiger charge is 2.53. The van der Waals surface area contributed by atoms with E-state index in [2.05, 4.69) is 29.9 Å². The van der Waals surface area contributed by atoms with E-state index < -0.39 is 89.2 Å². The van der Waals surface area contributed by atoms with Gasteiger partial charge in [-0.05, 0) is 0 Å². The number of nitrogens with one attached hydrogen (secondary N) is 1. The molecule has 3 fully saturated rings. The summed E-state index contributed by atoms with van der Waals surface area (Å²) in [5.74, 6) is -1.55. The number of phosphoric acid groups is 1. The average molecular weight is 672 g/mol. The molecule has 10 atom stereocenters. The van der Waals surface area contributed by atoms with Crippen molar-refractivity contribution in [3.05, 3.63) is 29.2 Å². The van der Waals surface area contributed by atoms with Gasteiger partial charge in [0.05, 0.1) is 44.3 Å². The molecule has 3 aliphatic heterocycles. The fourth-order valence-electron chi connectivity index (χ4n) is 5.64. The number of nitrogens with zero attached hydrogens (tertiary/aromatic N) is 7. The number of imidazole rings is 2. The summed E-state index contributed by atoms with van der Waals surface area (Å²) in [4.78, 5) is 56.3. The van der Waals surface area contributed by atoms with Gasteiger partial charge in [0.25, 0.3) is 5.56 Å². The Morgan fingerprint density at radius 1 is 0.911 bits per heavy atom. The van der Waals surface area contributed by atoms with Crippen LogP contribution >= 0.6 is 15.4 Å². The molecule has 45 heavy (non-hydrogen) atoms. The van der Waals surface area contributed by atoms with Crippen LogP contribution in [0.3, 0.4) is 0 Å². The number of phosphoric ester groups is 1. The highest BCUT2D eigenvalue weighted by molar-refractivity contribution is 7.52. The van der Waals surface area contributed by atoms with Crippen LogP contribution in [0.1, 0.15) is 12.5 Å². The summed E-state index contributed by atoms with van der Waals surface area (Å²) in [6.07, 6.45) is -7.09. The molecule has 0 spiro atoms. The molecule has 3 saturated heterocycles. The maximum Gasteiger partial charge on any atom is 0.472 e. The molecule has 0 aromatic carbocycles. The van der Waals surface area contributed by atoms with Crippen LogP contribution in [0.5, 0.6) is 0 Å². The van der Waals surface area contributed by atoms with Crippen molar-refractivity contribution in [3.63, 3.8) is 0 Å². The number of ether oxygens (including phenoxy) is 2. The standard InChI is InChI=1S/C21H26N10O12P2/c22-20-24-1-8-15(27-20)30(5-25-8)19-13(33)14-10(42-19)3-39-44(35,36)4-7-12(32)9(2-40-45(37,38)43-14)41-18(7)31-6-26-11-16(31)28-21(23)29-17(11)34/h1,5-7,9-10,12-14,18-19,32-33H,2-4H2,(H,35,36)(H,37,38)(H2,22,24,27)(H3,23,28,29,34)/t7-,9-,10-,12+,13-,14-,18-,19-/m1/s1. The monoisotopic (exact) mass is 672 g/mol. The Balaban J connectivity index is 1.21. The lowest BCUT2D eigenvalue weighted by Crippen LogP contribution is -2.36. The number of H-pyrrole nitrogens is 1. The molecule has 4 aromatic rings. The molecule has 4 aromatic heterocycles. The number of hydrogen-bond donors (Lipinski definition) is 7. The van der Waals surface area contributed by atoms with Gasteiger partial charge < -0.3 is 45.5 Å². The maximum atomic E-state index is 13.4. The molecule has 0 radical (unpaired) electrons. The number of fused-ring (bicyclic) bond motifs is 5. The van der Waals surface area contributed by atoms with Gasteiger partial charge >= 0.3 is 15.4 Å². The fourth-order valence-corrected chi connectivity index (χ4v) is 8.02. The van der Waals surface area contributed by atoms with Crippen LogP contribution in [-0.4, -0.2) is 109 Å². The van der Waals surface area contributed by atoms with Crippen molar-refractivity contribution in [1.82, 2.24) is 39.0 Å². The minimum Gasteiger partial charge on any atom is -0.390 e. The highest BCUT2D eigenvalue weighted by atomic mass is 31.2. The third-order valence-corrected chi connectivity index (χ3v) is 10.1. The summed E-state index contributed by atoms with van der Waals surface area (Å²) in [6.45, 7) is -1.45. The summed E-state index contributed by atoms with van der Waals surface area (Å²) in [6, 6.07) is 0. The number of nitrogens with two attached hydrogens (primary N) is 2. The van der Waals surface area contributed by atoms with Crippen LogP contribution in [0.25, 0.3) is 22.3 Å². The summed E-state index contributed by atoms with van der Waals surface area (Å²) < 4.78 is 56.6. The first-order valence-corrected chi connectivity index (χ1v) is 16.5. The minimum atomic E-state index is -5.02. The van der Waals surface area contributed by atoms with Crippen LogP contribution in [-0.2, 0) is 32.2 Å². The van der Waals surface area contributed by atoms with E-state index in [4.69, 9.17) is 34.5 Å². The zero-order chi connectivity index (χ0) is 31.8. The Morgan fingerprint density at radius 3 is 2.42 bits per heavy atom. The van der Waals surface area contributed by atoms with Gasteiger partial charge in [-0.1, -0.05) is 0 Å². The van der Waals surface area contributed by atoms with Crippen molar-refractivity contribution >= 4 is 49.6 Å². The molecule has 9 N–H and O–H groups in total. The zero-order valence-corrected chi connectivity index (χ0v) is 24.5. The normalized spacial score (nSPS) is 37.7. The molecular formula is C21H26N10O12P2. The van der Waals surface area contributed by atoms with Crippen LogP contribution in [0, 0.1) is 5.92 Å². The van der Waals surface area contributed by atoms with Gasteiger partial charge in [0, 0.05) is 5.92 Å². The summed E-state index contributed by atoms with van der Waals surface area (Å²) >= 11 is 0. The van der Waals surface area contributed by atoms with Crippen molar-refractivity contribution in [3.8, 4) is 0 Å². The predicted octanol–water partition coefficient (Wildman–Crippen LogP) is -2.03. The third-order valence-electron chi connectivity index (χ3n) is 7.68. The van der Waals surface area contributed by atoms with E-state index in [0.29, 0.717) is 5.52 Å². The Hall–Kier alpha value is -3.40. The lowest BCUT2D eigenvalue weighted by Gasteiger charge is -2.25. The Labute approximate surface area is 250 Å². The molecule has 7 heterocycles. The Bertz CT molecular complexity index is 1940. The van der Waals surface area contributed by atoms with Gasteiger partial charge in [-0.3, -0.25) is 32.5 Å². The molecule has 22 nitrogen and oxygen atoms in total. The average Bonchev–Trinajstić information content (AvgIpc) is 3.72. The second-order valence-electron chi connectivity index (χ2n) is 10.6. The van der Waals surface area contributed by atoms with Gasteiger partial charge in [-0.2, -0.15) is 9.97 Å². The molecule has 242 valence electrons. The Kier molecular flexibility index (Phi) is 7.30. The van der Waals surface area contributed by atoms with Gasteiger partial charge in [0.2, 0.25) is 11.9 Å². The van der Waals surface area contributed by atoms with Gasteiger partial charge in [0.1, 0.15) is 36.2 Å². The SMILES string of the molecule is Nc1ncc2ncn([C@@H]3O[C@@H]4COP(=O)(O)C[C@@H]5[C@H](O)[C@@H](COP(=O)(O)O[C@H]4[C@H]3O)O[C@H]5n3cnc4c(=O)[nH]c(N)nc43)c2n1. The lowest BCUT2D eigenvalue weighted by molar-refractivity contribution is -0.0558. The van der Waals surface area contributed by atoms with Crippen LogP contribution < -0.4 is 17.0 Å². The van der Waals surface area contributed by atoms with E-state index in [1.165, 1.54) is 28.0 Å². The number of nitrogen functional groups attached to an aromatic ring is 2. The lowest BCUT2D eigenvalue weighted by atomic mass is 10.0. The molecule has 7 rings (SSSR count). The van der Waals surface area contributed by atoms with E-state index in [0.717, 1.165) is 0 Å². The van der Waals surface area contributed by atoms with Crippen molar-refractivity contribution in [1.29, 1.82) is 0 Å². The smallest absolute Gasteiger partial charge is 0.390 e. The third kappa shape index (κ3) is 5.42. The maximum absolute atomic E-state index is 13.4. The molecule has 2 unspecified atom stereocenters. The molecule has 0 saturated carbocycles. The van der Waals surface area contributed by atoms with Crippen LogP contribution in [0.2, 0.25) is 0 Å². The number of aliphatic hydroxyl groups is 2. The van der Waals surface area contributed by atoms with E-state index in [1.807, 2.05) is 0 Å². The number of aliphatic hydroxyl groups excluding tert-OH is 2. The number of hydrogen-bond acceptors (Lipinski definition) is 17. The number of rotatable bonds is 2. The second-order valence-corrected chi connectivity index (χ2v) is 13.9. The van der Waals surface area contributed by atoms with Crippen LogP contribution in [0.15, 0.2) is 23.6 Å². The molecule has 0 aliphatic carbocycles. The first-order chi connectivity index (χ1) is 21.3. The fraction of sp³-hybridized carbons (Fsp3) is 0.524. The zero-order valence-electron chi connectivity index (χ0n) is 22.7. The van der Waals surface area contributed by atoms with Gasteiger partial charge in [-0.15, -0.1) is 0 Å². The van der Waals surface area contributed by atoms with E-state index in [-0.39, 0.29) is 28.7 Å². The summed E-state index contributed by atoms with van der Waals surface area (Å²) in [7, 11) is -9.64. The molecule has 0 amide bonds. The quantitative estimate of drug-likeness (QED) is 0.113. The summed E-state index contributed by atoms with van der Waals surface area (Å²) in [5.41, 5.74) is 11.0. The molecular weight excluding hydrogens is 646 g/mol. The number of aromatic amines is 1. The van der Waals surface area contributed by atoms with Crippen LogP contribution in [0.4, 0.5) is 11.9 Å². The first-order valence-electron chi connectivity index (χ1n) is 13.3. The predicted molar refractivity (Wildman–Crippen MR) is 147 cm³/mol. The Morgan fingerprint density at radius 2 is 1.62 bits per heavy atom. The second kappa shape index (κ2) is 10.9. The highest BCUT2D eigenvalue weighted by Crippen LogP contribution is 2.54. The van der Waals surface area contributed by atoms with E-state index in [1.54, 1.807) is 0 Å².